The van der Waals surface area contributed by atoms with E-state index < -0.39 is 35.7 Å². The van der Waals surface area contributed by atoms with Crippen molar-refractivity contribution in [2.24, 2.45) is 0 Å². The third kappa shape index (κ3) is 4.28. The van der Waals surface area contributed by atoms with Crippen LogP contribution < -0.4 is 5.32 Å². The average molecular weight is 471 g/mol. The van der Waals surface area contributed by atoms with Gasteiger partial charge < -0.3 is 15.5 Å². The van der Waals surface area contributed by atoms with Crippen LogP contribution in [0.5, 0.6) is 0 Å². The fourth-order valence-corrected chi connectivity index (χ4v) is 5.71. The molecule has 1 saturated heterocycles. The zero-order valence-corrected chi connectivity index (χ0v) is 18.8. The molecular formula is C24H23ClN2O4S. The average Bonchev–Trinajstić information content (AvgIpc) is 3.27. The van der Waals surface area contributed by atoms with Gasteiger partial charge in [-0.15, -0.1) is 11.3 Å². The number of aromatic nitrogens is 1. The van der Waals surface area contributed by atoms with Crippen molar-refractivity contribution in [2.75, 3.05) is 6.54 Å². The highest BCUT2D eigenvalue weighted by atomic mass is 35.5. The van der Waals surface area contributed by atoms with Gasteiger partial charge in [-0.2, -0.15) is 0 Å². The molecule has 4 rings (SSSR count). The number of hydrogen-bond donors (Lipinski definition) is 3. The normalized spacial score (nSPS) is 23.8. The van der Waals surface area contributed by atoms with Gasteiger partial charge in [-0.1, -0.05) is 60.1 Å². The highest BCUT2D eigenvalue weighted by Crippen LogP contribution is 2.48. The minimum absolute atomic E-state index is 0.0739. The standard InChI is InChI=1S/C24H23ClN2O4S/c25-19-9-5-4-8-17(19)20-14-32-23(27-20)24(12-21(29)30)18(15-6-2-1-3-7-15)11-10-16(28)13-26-22(24)31/h1-9,14,16,18,28H,10-13H2,(H,26,31)(H,29,30)/t16-,18-,24-/m0/s1. The molecule has 2 aromatic carbocycles. The van der Waals surface area contributed by atoms with E-state index >= 15 is 0 Å². The van der Waals surface area contributed by atoms with Gasteiger partial charge in [-0.25, -0.2) is 4.98 Å². The molecule has 32 heavy (non-hydrogen) atoms. The Hall–Kier alpha value is -2.74. The van der Waals surface area contributed by atoms with E-state index in [1.807, 2.05) is 53.9 Å². The van der Waals surface area contributed by atoms with Crippen LogP contribution in [0.25, 0.3) is 11.3 Å². The molecule has 1 aliphatic rings. The second-order valence-electron chi connectivity index (χ2n) is 7.96. The summed E-state index contributed by atoms with van der Waals surface area (Å²) in [6, 6.07) is 16.7. The van der Waals surface area contributed by atoms with Gasteiger partial charge in [-0.05, 0) is 24.5 Å². The van der Waals surface area contributed by atoms with Crippen molar-refractivity contribution >= 4 is 34.8 Å². The Bertz CT molecular complexity index is 1120. The van der Waals surface area contributed by atoms with Gasteiger partial charge >= 0.3 is 5.97 Å². The Morgan fingerprint density at radius 2 is 1.88 bits per heavy atom. The van der Waals surface area contributed by atoms with E-state index in [1.54, 1.807) is 6.07 Å². The number of hydrogen-bond acceptors (Lipinski definition) is 5. The lowest BCUT2D eigenvalue weighted by molar-refractivity contribution is -0.143. The second-order valence-corrected chi connectivity index (χ2v) is 9.23. The van der Waals surface area contributed by atoms with Crippen LogP contribution in [0.4, 0.5) is 0 Å². The maximum Gasteiger partial charge on any atom is 0.304 e. The number of nitrogens with one attached hydrogen (secondary N) is 1. The Balaban J connectivity index is 1.90. The number of aliphatic carboxylic acids is 1. The molecular weight excluding hydrogens is 448 g/mol. The van der Waals surface area contributed by atoms with Crippen molar-refractivity contribution in [3.05, 3.63) is 75.6 Å². The maximum atomic E-state index is 13.6. The molecule has 0 unspecified atom stereocenters. The quantitative estimate of drug-likeness (QED) is 0.518. The number of aliphatic hydroxyl groups excluding tert-OH is 1. The molecule has 0 spiro atoms. The van der Waals surface area contributed by atoms with Crippen molar-refractivity contribution in [2.45, 2.75) is 36.7 Å². The molecule has 0 radical (unpaired) electrons. The van der Waals surface area contributed by atoms with Crippen LogP contribution in [-0.4, -0.2) is 39.7 Å². The molecule has 1 aliphatic heterocycles. The van der Waals surface area contributed by atoms with Gasteiger partial charge in [0.15, 0.2) is 0 Å². The lowest BCUT2D eigenvalue weighted by Gasteiger charge is -2.39. The van der Waals surface area contributed by atoms with Crippen molar-refractivity contribution < 1.29 is 19.8 Å². The topological polar surface area (TPSA) is 99.5 Å². The summed E-state index contributed by atoms with van der Waals surface area (Å²) in [7, 11) is 0. The number of carboxylic acids is 1. The molecule has 6 nitrogen and oxygen atoms in total. The molecule has 2 heterocycles. The zero-order chi connectivity index (χ0) is 22.7. The van der Waals surface area contributed by atoms with Crippen molar-refractivity contribution in [3.63, 3.8) is 0 Å². The van der Waals surface area contributed by atoms with E-state index in [9.17, 15) is 19.8 Å². The smallest absolute Gasteiger partial charge is 0.304 e. The highest BCUT2D eigenvalue weighted by Gasteiger charge is 2.52. The number of halogens is 1. The van der Waals surface area contributed by atoms with Crippen molar-refractivity contribution in [1.82, 2.24) is 10.3 Å². The van der Waals surface area contributed by atoms with Gasteiger partial charge in [0.05, 0.1) is 18.2 Å². The predicted octanol–water partition coefficient (Wildman–Crippen LogP) is 4.23. The fraction of sp³-hybridized carbons (Fsp3) is 0.292. The van der Waals surface area contributed by atoms with Gasteiger partial charge in [0.25, 0.3) is 0 Å². The van der Waals surface area contributed by atoms with E-state index in [0.29, 0.717) is 28.6 Å². The van der Waals surface area contributed by atoms with Crippen LogP contribution in [0.1, 0.15) is 35.8 Å². The SMILES string of the molecule is O=C(O)C[C@@]1(c2nc(-c3ccccc3Cl)cs2)C(=O)NC[C@@H](O)CC[C@H]1c1ccccc1. The first-order chi connectivity index (χ1) is 15.4. The molecule has 3 atom stereocenters. The number of carbonyl (C=O) groups excluding carboxylic acids is 1. The minimum atomic E-state index is -1.42. The number of nitrogens with zero attached hydrogens (tertiary/aromatic N) is 1. The van der Waals surface area contributed by atoms with Gasteiger partial charge in [0.1, 0.15) is 10.4 Å². The van der Waals surface area contributed by atoms with Crippen LogP contribution in [0.3, 0.4) is 0 Å². The van der Waals surface area contributed by atoms with Crippen LogP contribution in [0, 0.1) is 0 Å². The number of aliphatic hydroxyl groups is 1. The zero-order valence-electron chi connectivity index (χ0n) is 17.2. The lowest BCUT2D eigenvalue weighted by atomic mass is 9.66. The van der Waals surface area contributed by atoms with Crippen LogP contribution in [-0.2, 0) is 15.0 Å². The number of carbonyl (C=O) groups is 2. The van der Waals surface area contributed by atoms with E-state index in [0.717, 1.165) is 11.1 Å². The summed E-state index contributed by atoms with van der Waals surface area (Å²) in [6.07, 6.45) is -0.219. The Labute approximate surface area is 194 Å². The van der Waals surface area contributed by atoms with E-state index in [4.69, 9.17) is 16.6 Å². The van der Waals surface area contributed by atoms with Crippen LogP contribution >= 0.6 is 22.9 Å². The predicted molar refractivity (Wildman–Crippen MR) is 124 cm³/mol. The molecule has 8 heteroatoms. The van der Waals surface area contributed by atoms with E-state index in [-0.39, 0.29) is 6.54 Å². The summed E-state index contributed by atoms with van der Waals surface area (Å²) < 4.78 is 0. The third-order valence-electron chi connectivity index (χ3n) is 5.95. The number of amides is 1. The number of rotatable bonds is 5. The Morgan fingerprint density at radius 1 is 1.16 bits per heavy atom. The Kier molecular flexibility index (Phi) is 6.60. The van der Waals surface area contributed by atoms with Gasteiger partial charge in [-0.3, -0.25) is 9.59 Å². The van der Waals surface area contributed by atoms with Crippen LogP contribution in [0.15, 0.2) is 60.0 Å². The first-order valence-corrected chi connectivity index (χ1v) is 11.6. The molecule has 1 aromatic heterocycles. The van der Waals surface area contributed by atoms with Gasteiger partial charge in [0.2, 0.25) is 5.91 Å². The Morgan fingerprint density at radius 3 is 2.59 bits per heavy atom. The lowest BCUT2D eigenvalue weighted by Crippen LogP contribution is -2.53. The molecule has 0 bridgehead atoms. The number of β-amino-alcohol motifs (C(OH)–C–C–N with tert-alkyl or cyclic N) is 1. The van der Waals surface area contributed by atoms with E-state index in [2.05, 4.69) is 5.32 Å². The summed E-state index contributed by atoms with van der Waals surface area (Å²) in [4.78, 5) is 30.5. The van der Waals surface area contributed by atoms with Crippen LogP contribution in [0.2, 0.25) is 5.02 Å². The first kappa shape index (κ1) is 22.5. The number of thiazole rings is 1. The molecule has 3 aromatic rings. The van der Waals surface area contributed by atoms with Gasteiger partial charge in [0, 0.05) is 28.4 Å². The maximum absolute atomic E-state index is 13.6. The minimum Gasteiger partial charge on any atom is -0.481 e. The van der Waals surface area contributed by atoms with Crippen molar-refractivity contribution in [3.8, 4) is 11.3 Å². The molecule has 166 valence electrons. The molecule has 0 saturated carbocycles. The fourth-order valence-electron chi connectivity index (χ4n) is 4.41. The molecule has 3 N–H and O–H groups in total. The summed E-state index contributed by atoms with van der Waals surface area (Å²) in [5, 5.41) is 25.7. The second kappa shape index (κ2) is 9.40. The monoisotopic (exact) mass is 470 g/mol. The summed E-state index contributed by atoms with van der Waals surface area (Å²) in [5.74, 6) is -2.00. The molecule has 1 amide bonds. The highest BCUT2D eigenvalue weighted by molar-refractivity contribution is 7.10. The van der Waals surface area contributed by atoms with Crippen molar-refractivity contribution in [1.29, 1.82) is 0 Å². The summed E-state index contributed by atoms with van der Waals surface area (Å²) in [5.41, 5.74) is 0.743. The summed E-state index contributed by atoms with van der Waals surface area (Å²) in [6.45, 7) is 0.0739. The number of carboxylic acid groups (broad SMARTS) is 1. The van der Waals surface area contributed by atoms with E-state index in [1.165, 1.54) is 11.3 Å². The number of benzene rings is 2. The molecule has 0 aliphatic carbocycles. The largest absolute Gasteiger partial charge is 0.481 e. The third-order valence-corrected chi connectivity index (χ3v) is 7.30. The molecule has 1 fully saturated rings. The first-order valence-electron chi connectivity index (χ1n) is 10.4. The summed E-state index contributed by atoms with van der Waals surface area (Å²) >= 11 is 7.62.